The van der Waals surface area contributed by atoms with Crippen LogP contribution in [0, 0.1) is 0 Å². The topological polar surface area (TPSA) is 9.23 Å². The summed E-state index contributed by atoms with van der Waals surface area (Å²) in [6.45, 7) is 0. The van der Waals surface area contributed by atoms with Gasteiger partial charge in [0, 0.05) is 0 Å². The van der Waals surface area contributed by atoms with Crippen LogP contribution >= 0.6 is 0 Å². The summed E-state index contributed by atoms with van der Waals surface area (Å²) in [6.07, 6.45) is 0. The summed E-state index contributed by atoms with van der Waals surface area (Å²) >= 11 is -2.11. The molecule has 0 fully saturated rings. The molecule has 4 aromatic carbocycles. The Morgan fingerprint density at radius 1 is 0.500 bits per heavy atom. The minimum atomic E-state index is -1.72. The Morgan fingerprint density at radius 2 is 0.821 bits per heavy atom. The first kappa shape index (κ1) is 20.7. The Hall–Kier alpha value is -2.07. The minimum absolute atomic E-state index is 0.392. The molecule has 0 aliphatic heterocycles. The second-order valence-electron chi connectivity index (χ2n) is 6.23. The average molecular weight is 486 g/mol. The van der Waals surface area contributed by atoms with E-state index in [4.69, 9.17) is 3.76 Å². The van der Waals surface area contributed by atoms with Crippen LogP contribution in [0.4, 0.5) is 0 Å². The summed E-state index contributed by atoms with van der Waals surface area (Å²) in [4.78, 5) is 0. The first-order chi connectivity index (χ1) is 13.9. The number of hydrogen-bond donors (Lipinski definition) is 0. The van der Waals surface area contributed by atoms with Gasteiger partial charge in [0.05, 0.1) is 0 Å². The van der Waals surface area contributed by atoms with Crippen molar-refractivity contribution in [3.05, 3.63) is 121 Å². The molecule has 0 saturated heterocycles. The van der Waals surface area contributed by atoms with Gasteiger partial charge >= 0.3 is 180 Å². The van der Waals surface area contributed by atoms with Crippen LogP contribution < -0.4 is 17.6 Å². The third-order valence-corrected chi connectivity index (χ3v) is 11.7. The molecule has 0 bridgehead atoms. The van der Waals surface area contributed by atoms with Gasteiger partial charge in [-0.1, -0.05) is 0 Å². The molecule has 138 valence electrons. The zero-order chi connectivity index (χ0) is 19.4. The number of rotatable bonds is 5. The summed E-state index contributed by atoms with van der Waals surface area (Å²) in [5.74, 6) is 0. The zero-order valence-corrected chi connectivity index (χ0v) is 20.6. The fraction of sp³-hybridized carbons (Fsp3) is 0.0400. The van der Waals surface area contributed by atoms with E-state index >= 15 is 0 Å². The van der Waals surface area contributed by atoms with E-state index in [9.17, 15) is 0 Å². The second kappa shape index (κ2) is 11.7. The molecule has 28 heavy (non-hydrogen) atoms. The Labute approximate surface area is 179 Å². The molecule has 0 aromatic heterocycles. The molecule has 3 heteroatoms. The summed E-state index contributed by atoms with van der Waals surface area (Å²) in [5, 5.41) is 0. The van der Waals surface area contributed by atoms with Crippen LogP contribution in [0.25, 0.3) is 0 Å². The van der Waals surface area contributed by atoms with Gasteiger partial charge in [0.2, 0.25) is 0 Å². The maximum atomic E-state index is 5.69. The third kappa shape index (κ3) is 6.52. The van der Waals surface area contributed by atoms with Crippen molar-refractivity contribution < 1.29 is 3.76 Å². The molecule has 0 saturated carbocycles. The van der Waals surface area contributed by atoms with Crippen molar-refractivity contribution >= 4 is 47.7 Å². The van der Waals surface area contributed by atoms with Crippen molar-refractivity contribution in [3.63, 3.8) is 0 Å². The number of benzene rings is 4. The molecule has 1 nitrogen and oxygen atoms in total. The molecule has 0 N–H and O–H groups in total. The third-order valence-electron chi connectivity index (χ3n) is 4.21. The van der Waals surface area contributed by atoms with Crippen LogP contribution in [0.15, 0.2) is 121 Å². The second-order valence-corrected chi connectivity index (χ2v) is 14.3. The van der Waals surface area contributed by atoms with E-state index in [1.807, 2.05) is 19.2 Å². The molecule has 0 heterocycles. The van der Waals surface area contributed by atoms with E-state index in [0.29, 0.717) is 0 Å². The van der Waals surface area contributed by atoms with Crippen molar-refractivity contribution in [2.75, 3.05) is 7.11 Å². The molecule has 0 aliphatic carbocycles. The molecule has 0 atom stereocenters. The summed E-state index contributed by atoms with van der Waals surface area (Å²) < 4.78 is 11.4. The van der Waals surface area contributed by atoms with Crippen LogP contribution in [0.1, 0.15) is 0 Å². The van der Waals surface area contributed by atoms with Crippen molar-refractivity contribution in [2.45, 2.75) is 0 Å². The van der Waals surface area contributed by atoms with Crippen molar-refractivity contribution in [2.24, 2.45) is 0 Å². The van der Waals surface area contributed by atoms with Gasteiger partial charge in [-0.2, -0.15) is 0 Å². The normalized spacial score (nSPS) is 10.2. The van der Waals surface area contributed by atoms with Crippen LogP contribution in [-0.2, 0) is 3.76 Å². The first-order valence-electron chi connectivity index (χ1n) is 9.33. The van der Waals surface area contributed by atoms with E-state index in [0.717, 1.165) is 0 Å². The SMILES string of the molecule is C[O][Ge]([c]1ccccc1)[c]1ccccc1.c1cc[c]([GeH][c]2ccccc2)cc1. The maximum absolute atomic E-state index is 5.69. The Bertz CT molecular complexity index is 837. The van der Waals surface area contributed by atoms with Crippen LogP contribution in [-0.4, -0.2) is 37.2 Å². The quantitative estimate of drug-likeness (QED) is 0.395. The van der Waals surface area contributed by atoms with Crippen molar-refractivity contribution in [1.82, 2.24) is 0 Å². The van der Waals surface area contributed by atoms with Crippen LogP contribution in [0.3, 0.4) is 0 Å². The molecule has 0 unspecified atom stereocenters. The van der Waals surface area contributed by atoms with Gasteiger partial charge in [-0.05, 0) is 0 Å². The van der Waals surface area contributed by atoms with Gasteiger partial charge in [-0.15, -0.1) is 0 Å². The molecule has 4 aromatic rings. The van der Waals surface area contributed by atoms with Crippen LogP contribution in [0.2, 0.25) is 0 Å². The molecule has 2 radical (unpaired) electrons. The molecular formula is C25H24Ge2O. The molecular weight excluding hydrogens is 461 g/mol. The molecule has 0 spiro atoms. The molecule has 0 aliphatic rings. The monoisotopic (exact) mass is 488 g/mol. The fourth-order valence-corrected chi connectivity index (χ4v) is 9.19. The van der Waals surface area contributed by atoms with E-state index in [1.165, 1.54) is 17.6 Å². The van der Waals surface area contributed by atoms with Crippen LogP contribution in [0.5, 0.6) is 0 Å². The fourth-order valence-electron chi connectivity index (χ4n) is 2.87. The van der Waals surface area contributed by atoms with Crippen molar-refractivity contribution in [3.8, 4) is 0 Å². The number of hydrogen-bond acceptors (Lipinski definition) is 1. The standard InChI is InChI=1S/C13H13GeO.C12H11Ge/c1-15-14(12-8-4-2-5-9-12)13-10-6-3-7-11-13;1-3-7-11(8-4-1)13-12-9-5-2-6-10-12/h2-11H,1H3;1-10,13H. The first-order valence-corrected chi connectivity index (χ1v) is 14.7. The van der Waals surface area contributed by atoms with Gasteiger partial charge in [0.1, 0.15) is 0 Å². The Kier molecular flexibility index (Phi) is 8.63. The van der Waals surface area contributed by atoms with Crippen molar-refractivity contribution in [1.29, 1.82) is 0 Å². The van der Waals surface area contributed by atoms with E-state index in [-0.39, 0.29) is 0 Å². The Morgan fingerprint density at radius 3 is 1.14 bits per heavy atom. The van der Waals surface area contributed by atoms with Gasteiger partial charge < -0.3 is 0 Å². The average Bonchev–Trinajstić information content (AvgIpc) is 2.78. The summed E-state index contributed by atoms with van der Waals surface area (Å²) in [7, 11) is 1.81. The van der Waals surface area contributed by atoms with E-state index in [2.05, 4.69) is 109 Å². The van der Waals surface area contributed by atoms with Gasteiger partial charge in [-0.25, -0.2) is 0 Å². The predicted molar refractivity (Wildman–Crippen MR) is 124 cm³/mol. The van der Waals surface area contributed by atoms with E-state index < -0.39 is 30.1 Å². The van der Waals surface area contributed by atoms with Gasteiger partial charge in [-0.3, -0.25) is 0 Å². The molecule has 0 amide bonds. The van der Waals surface area contributed by atoms with Gasteiger partial charge in [0.25, 0.3) is 0 Å². The van der Waals surface area contributed by atoms with Gasteiger partial charge in [0.15, 0.2) is 0 Å². The summed E-state index contributed by atoms with van der Waals surface area (Å²) in [6, 6.07) is 42.6. The predicted octanol–water partition coefficient (Wildman–Crippen LogP) is 2.51. The zero-order valence-electron chi connectivity index (χ0n) is 16.0. The Balaban J connectivity index is 0.000000162. The summed E-state index contributed by atoms with van der Waals surface area (Å²) in [5.41, 5.74) is 0. The van der Waals surface area contributed by atoms with E-state index in [1.54, 1.807) is 0 Å². The molecule has 4 rings (SSSR count).